The molecular formula is C25H29N3O5. The number of amides is 1. The van der Waals surface area contributed by atoms with Gasteiger partial charge in [0, 0.05) is 17.7 Å². The smallest absolute Gasteiger partial charge is 0.273 e. The van der Waals surface area contributed by atoms with E-state index in [0.717, 1.165) is 28.7 Å². The molecule has 0 spiro atoms. The number of rotatable bonds is 7. The Morgan fingerprint density at radius 2 is 1.73 bits per heavy atom. The van der Waals surface area contributed by atoms with Gasteiger partial charge in [0.25, 0.3) is 5.91 Å². The number of hydrogen-bond acceptors (Lipinski definition) is 6. The van der Waals surface area contributed by atoms with Gasteiger partial charge < -0.3 is 24.2 Å². The van der Waals surface area contributed by atoms with E-state index in [-0.39, 0.29) is 11.7 Å². The molecule has 0 radical (unpaired) electrons. The molecule has 0 unspecified atom stereocenters. The molecule has 3 aromatic rings. The first-order valence-electron chi connectivity index (χ1n) is 10.9. The SMILES string of the molecule is CCCN1C(=O)c2[nH]nc(-c3c(C)cc(C)cc3O)c2[C@@H]1c1cc(OC)c(OC)c(OC)c1. The Morgan fingerprint density at radius 3 is 2.27 bits per heavy atom. The number of phenolic OH excluding ortho intramolecular Hbond substituents is 1. The summed E-state index contributed by atoms with van der Waals surface area (Å²) in [5.74, 6) is 1.49. The lowest BCUT2D eigenvalue weighted by Crippen LogP contribution is -2.30. The van der Waals surface area contributed by atoms with E-state index in [1.807, 2.05) is 43.9 Å². The van der Waals surface area contributed by atoms with E-state index >= 15 is 0 Å². The van der Waals surface area contributed by atoms with Gasteiger partial charge in [0.2, 0.25) is 5.75 Å². The molecule has 1 aromatic heterocycles. The van der Waals surface area contributed by atoms with Crippen LogP contribution in [0.2, 0.25) is 0 Å². The number of aryl methyl sites for hydroxylation is 2. The minimum absolute atomic E-state index is 0.131. The van der Waals surface area contributed by atoms with Crippen molar-refractivity contribution < 1.29 is 24.1 Å². The van der Waals surface area contributed by atoms with Gasteiger partial charge >= 0.3 is 0 Å². The first-order chi connectivity index (χ1) is 15.9. The first-order valence-corrected chi connectivity index (χ1v) is 10.9. The number of phenols is 1. The molecule has 8 heteroatoms. The molecule has 0 aliphatic carbocycles. The Hall–Kier alpha value is -3.68. The third-order valence-corrected chi connectivity index (χ3v) is 6.03. The fourth-order valence-corrected chi connectivity index (χ4v) is 4.72. The molecule has 1 amide bonds. The van der Waals surface area contributed by atoms with Gasteiger partial charge in [-0.05, 0) is 55.2 Å². The van der Waals surface area contributed by atoms with Crippen molar-refractivity contribution in [3.05, 3.63) is 52.2 Å². The van der Waals surface area contributed by atoms with Gasteiger partial charge in [0.1, 0.15) is 17.1 Å². The van der Waals surface area contributed by atoms with Crippen molar-refractivity contribution in [3.63, 3.8) is 0 Å². The lowest BCUT2D eigenvalue weighted by molar-refractivity contribution is 0.0743. The molecule has 2 aromatic carbocycles. The highest BCUT2D eigenvalue weighted by Gasteiger charge is 2.43. The van der Waals surface area contributed by atoms with E-state index in [1.165, 1.54) is 0 Å². The number of benzene rings is 2. The number of methoxy groups -OCH3 is 3. The summed E-state index contributed by atoms with van der Waals surface area (Å²) >= 11 is 0. The largest absolute Gasteiger partial charge is 0.507 e. The number of carbonyl (C=O) groups excluding carboxylic acids is 1. The summed E-state index contributed by atoms with van der Waals surface area (Å²) < 4.78 is 16.6. The lowest BCUT2D eigenvalue weighted by atomic mass is 9.92. The van der Waals surface area contributed by atoms with Crippen molar-refractivity contribution in [3.8, 4) is 34.3 Å². The standard InChI is InChI=1S/C25H29N3O5/c1-7-8-28-23(15-11-17(31-4)24(33-6)18(12-15)32-5)20-21(26-27-22(20)25(28)30)19-14(3)9-13(2)10-16(19)29/h9-12,23,29H,7-8H2,1-6H3,(H,26,27)/t23-/m0/s1. The zero-order chi connectivity index (χ0) is 23.9. The number of aromatic hydroxyl groups is 1. The van der Waals surface area contributed by atoms with Crippen molar-refractivity contribution in [2.45, 2.75) is 33.2 Å². The predicted molar refractivity (Wildman–Crippen MR) is 124 cm³/mol. The van der Waals surface area contributed by atoms with E-state index in [2.05, 4.69) is 10.2 Å². The number of H-pyrrole nitrogens is 1. The second kappa shape index (κ2) is 8.69. The van der Waals surface area contributed by atoms with Crippen molar-refractivity contribution in [1.29, 1.82) is 0 Å². The van der Waals surface area contributed by atoms with Gasteiger partial charge in [0.05, 0.1) is 27.4 Å². The van der Waals surface area contributed by atoms with Crippen molar-refractivity contribution in [2.75, 3.05) is 27.9 Å². The zero-order valence-electron chi connectivity index (χ0n) is 19.8. The number of aromatic amines is 1. The highest BCUT2D eigenvalue weighted by atomic mass is 16.5. The molecule has 1 aliphatic rings. The minimum atomic E-state index is -0.435. The first kappa shape index (κ1) is 22.5. The summed E-state index contributed by atoms with van der Waals surface area (Å²) in [5.41, 5.74) is 4.96. The van der Waals surface area contributed by atoms with Crippen molar-refractivity contribution in [1.82, 2.24) is 15.1 Å². The van der Waals surface area contributed by atoms with Crippen LogP contribution < -0.4 is 14.2 Å². The zero-order valence-corrected chi connectivity index (χ0v) is 19.8. The number of ether oxygens (including phenoxy) is 3. The van der Waals surface area contributed by atoms with Gasteiger partial charge in [-0.3, -0.25) is 9.89 Å². The summed E-state index contributed by atoms with van der Waals surface area (Å²) in [7, 11) is 4.68. The van der Waals surface area contributed by atoms with Crippen LogP contribution in [0.15, 0.2) is 24.3 Å². The topological polar surface area (TPSA) is 96.9 Å². The third-order valence-electron chi connectivity index (χ3n) is 6.03. The normalized spacial score (nSPS) is 15.0. The maximum atomic E-state index is 13.4. The summed E-state index contributed by atoms with van der Waals surface area (Å²) in [6.45, 7) is 6.44. The van der Waals surface area contributed by atoms with E-state index < -0.39 is 6.04 Å². The van der Waals surface area contributed by atoms with Gasteiger partial charge in [0.15, 0.2) is 11.5 Å². The third kappa shape index (κ3) is 3.55. The molecule has 0 bridgehead atoms. The van der Waals surface area contributed by atoms with E-state index in [4.69, 9.17) is 14.2 Å². The van der Waals surface area contributed by atoms with Crippen LogP contribution in [0.25, 0.3) is 11.3 Å². The molecule has 0 saturated heterocycles. The molecule has 1 atom stereocenters. The van der Waals surface area contributed by atoms with Crippen molar-refractivity contribution in [2.24, 2.45) is 0 Å². The fraction of sp³-hybridized carbons (Fsp3) is 0.360. The van der Waals surface area contributed by atoms with E-state index in [0.29, 0.717) is 40.7 Å². The number of carbonyl (C=O) groups is 1. The molecule has 33 heavy (non-hydrogen) atoms. The lowest BCUT2D eigenvalue weighted by Gasteiger charge is -2.27. The van der Waals surface area contributed by atoms with E-state index in [1.54, 1.807) is 27.4 Å². The molecule has 2 N–H and O–H groups in total. The molecule has 1 aliphatic heterocycles. The van der Waals surface area contributed by atoms with Crippen LogP contribution in [0, 0.1) is 13.8 Å². The van der Waals surface area contributed by atoms with Gasteiger partial charge in [-0.1, -0.05) is 13.0 Å². The Balaban J connectivity index is 1.98. The van der Waals surface area contributed by atoms with Crippen LogP contribution in [0.4, 0.5) is 0 Å². The Bertz CT molecular complexity index is 1170. The number of aromatic nitrogens is 2. The van der Waals surface area contributed by atoms with Gasteiger partial charge in [-0.15, -0.1) is 0 Å². The summed E-state index contributed by atoms with van der Waals surface area (Å²) in [4.78, 5) is 15.2. The molecule has 0 saturated carbocycles. The van der Waals surface area contributed by atoms with Crippen LogP contribution in [0.1, 0.15) is 52.1 Å². The fourth-order valence-electron chi connectivity index (χ4n) is 4.72. The Morgan fingerprint density at radius 1 is 1.06 bits per heavy atom. The minimum Gasteiger partial charge on any atom is -0.507 e. The highest BCUT2D eigenvalue weighted by molar-refractivity contribution is 6.00. The van der Waals surface area contributed by atoms with E-state index in [9.17, 15) is 9.90 Å². The molecule has 174 valence electrons. The monoisotopic (exact) mass is 451 g/mol. The van der Waals surface area contributed by atoms with Crippen LogP contribution in [0.5, 0.6) is 23.0 Å². The molecule has 2 heterocycles. The molecular weight excluding hydrogens is 422 g/mol. The van der Waals surface area contributed by atoms with Gasteiger partial charge in [-0.25, -0.2) is 0 Å². The molecule has 0 fully saturated rings. The highest BCUT2D eigenvalue weighted by Crippen LogP contribution is 2.48. The average Bonchev–Trinajstić information content (AvgIpc) is 3.31. The van der Waals surface area contributed by atoms with Crippen LogP contribution >= 0.6 is 0 Å². The average molecular weight is 452 g/mol. The van der Waals surface area contributed by atoms with Crippen LogP contribution in [-0.2, 0) is 0 Å². The van der Waals surface area contributed by atoms with Crippen LogP contribution in [0.3, 0.4) is 0 Å². The Kier molecular flexibility index (Phi) is 5.93. The second-order valence-electron chi connectivity index (χ2n) is 8.20. The van der Waals surface area contributed by atoms with Crippen molar-refractivity contribution >= 4 is 5.91 Å². The number of fused-ring (bicyclic) bond motifs is 1. The quantitative estimate of drug-likeness (QED) is 0.553. The summed E-state index contributed by atoms with van der Waals surface area (Å²) in [5, 5.41) is 18.2. The summed E-state index contributed by atoms with van der Waals surface area (Å²) in [6, 6.07) is 6.98. The number of hydrogen-bond donors (Lipinski definition) is 2. The molecule has 8 nitrogen and oxygen atoms in total. The molecule has 4 rings (SSSR count). The Labute approximate surface area is 193 Å². The second-order valence-corrected chi connectivity index (χ2v) is 8.20. The maximum absolute atomic E-state index is 13.4. The van der Waals surface area contributed by atoms with Gasteiger partial charge in [-0.2, -0.15) is 5.10 Å². The summed E-state index contributed by atoms with van der Waals surface area (Å²) in [6.07, 6.45) is 0.786. The number of nitrogens with zero attached hydrogens (tertiary/aromatic N) is 2. The maximum Gasteiger partial charge on any atom is 0.273 e. The van der Waals surface area contributed by atoms with Crippen LogP contribution in [-0.4, -0.2) is 54.0 Å². The number of nitrogens with one attached hydrogen (secondary N) is 1. The predicted octanol–water partition coefficient (Wildman–Crippen LogP) is 4.38.